The lowest BCUT2D eigenvalue weighted by Gasteiger charge is -2.29. The molecule has 0 aliphatic carbocycles. The van der Waals surface area contributed by atoms with Gasteiger partial charge in [0.2, 0.25) is 0 Å². The molecule has 1 aromatic carbocycles. The molecule has 2 N–H and O–H groups in total. The van der Waals surface area contributed by atoms with Gasteiger partial charge in [-0.05, 0) is 31.2 Å². The summed E-state index contributed by atoms with van der Waals surface area (Å²) in [6.07, 6.45) is 0. The standard InChI is InChI=1S/C20H26N2O4/c1-15-19(20(23)25-3)12-18(26-15)14-22-10-8-21(9-11-22)13-16-4-6-17(24-2)7-5-16/h4-7,12H,8-11,13-14H2,1-3H3/p+2. The van der Waals surface area contributed by atoms with Crippen LogP contribution in [0.25, 0.3) is 0 Å². The van der Waals surface area contributed by atoms with Crippen LogP contribution in [0.2, 0.25) is 0 Å². The van der Waals surface area contributed by atoms with Gasteiger partial charge in [-0.15, -0.1) is 0 Å². The molecule has 1 aliphatic rings. The van der Waals surface area contributed by atoms with Crippen LogP contribution in [0.4, 0.5) is 0 Å². The maximum Gasteiger partial charge on any atom is 0.341 e. The molecule has 2 aromatic rings. The Balaban J connectivity index is 1.50. The minimum Gasteiger partial charge on any atom is -0.497 e. The molecule has 0 radical (unpaired) electrons. The molecule has 26 heavy (non-hydrogen) atoms. The first-order valence-corrected chi connectivity index (χ1v) is 9.06. The maximum atomic E-state index is 11.7. The van der Waals surface area contributed by atoms with E-state index in [9.17, 15) is 4.79 Å². The van der Waals surface area contributed by atoms with E-state index >= 15 is 0 Å². The van der Waals surface area contributed by atoms with Gasteiger partial charge >= 0.3 is 5.97 Å². The third kappa shape index (κ3) is 4.45. The normalized spacial score (nSPS) is 20.0. The van der Waals surface area contributed by atoms with Crippen molar-refractivity contribution in [3.63, 3.8) is 0 Å². The number of furan rings is 1. The molecule has 6 heteroatoms. The van der Waals surface area contributed by atoms with Crippen molar-refractivity contribution in [2.24, 2.45) is 0 Å². The van der Waals surface area contributed by atoms with Gasteiger partial charge < -0.3 is 23.7 Å². The molecule has 1 aliphatic heterocycles. The molecule has 1 fully saturated rings. The van der Waals surface area contributed by atoms with Gasteiger partial charge in [0.1, 0.15) is 56.3 Å². The lowest BCUT2D eigenvalue weighted by atomic mass is 10.2. The molecule has 2 heterocycles. The van der Waals surface area contributed by atoms with Gasteiger partial charge in [-0.2, -0.15) is 0 Å². The molecule has 0 bridgehead atoms. The van der Waals surface area contributed by atoms with Crippen molar-refractivity contribution >= 4 is 5.97 Å². The highest BCUT2D eigenvalue weighted by Crippen LogP contribution is 2.15. The van der Waals surface area contributed by atoms with Crippen LogP contribution in [0.15, 0.2) is 34.7 Å². The molecule has 0 saturated carbocycles. The lowest BCUT2D eigenvalue weighted by molar-refractivity contribution is -1.02. The van der Waals surface area contributed by atoms with E-state index in [-0.39, 0.29) is 5.97 Å². The molecule has 0 amide bonds. The van der Waals surface area contributed by atoms with Crippen LogP contribution in [0.3, 0.4) is 0 Å². The number of benzene rings is 1. The van der Waals surface area contributed by atoms with Gasteiger partial charge in [0.25, 0.3) is 0 Å². The van der Waals surface area contributed by atoms with Gasteiger partial charge in [0, 0.05) is 11.6 Å². The maximum absolute atomic E-state index is 11.7. The number of hydrogen-bond acceptors (Lipinski definition) is 4. The van der Waals surface area contributed by atoms with E-state index in [1.165, 1.54) is 17.6 Å². The highest BCUT2D eigenvalue weighted by atomic mass is 16.5. The van der Waals surface area contributed by atoms with Crippen molar-refractivity contribution in [2.45, 2.75) is 20.0 Å². The largest absolute Gasteiger partial charge is 0.497 e. The minimum absolute atomic E-state index is 0.332. The number of ether oxygens (including phenoxy) is 2. The van der Waals surface area contributed by atoms with Crippen LogP contribution >= 0.6 is 0 Å². The quantitative estimate of drug-likeness (QED) is 0.705. The number of quaternary nitrogens is 2. The fourth-order valence-electron chi connectivity index (χ4n) is 3.53. The van der Waals surface area contributed by atoms with E-state index in [1.807, 2.05) is 25.1 Å². The van der Waals surface area contributed by atoms with Crippen LogP contribution in [0, 0.1) is 6.92 Å². The molecule has 0 atom stereocenters. The number of aryl methyl sites for hydroxylation is 1. The number of esters is 1. The number of hydrogen-bond donors (Lipinski definition) is 2. The Morgan fingerprint density at radius 2 is 1.65 bits per heavy atom. The Bertz CT molecular complexity index is 731. The summed E-state index contributed by atoms with van der Waals surface area (Å²) in [5.41, 5.74) is 1.87. The summed E-state index contributed by atoms with van der Waals surface area (Å²) in [4.78, 5) is 14.8. The van der Waals surface area contributed by atoms with E-state index in [1.54, 1.807) is 12.0 Å². The fraction of sp³-hybridized carbons (Fsp3) is 0.450. The summed E-state index contributed by atoms with van der Waals surface area (Å²) in [5, 5.41) is 0. The van der Waals surface area contributed by atoms with Crippen LogP contribution < -0.4 is 14.5 Å². The summed E-state index contributed by atoms with van der Waals surface area (Å²) in [6, 6.07) is 10.2. The van der Waals surface area contributed by atoms with Crippen LogP contribution in [-0.2, 0) is 17.8 Å². The zero-order chi connectivity index (χ0) is 18.5. The first-order chi connectivity index (χ1) is 12.6. The van der Waals surface area contributed by atoms with E-state index in [0.29, 0.717) is 11.3 Å². The topological polar surface area (TPSA) is 57.5 Å². The predicted octanol–water partition coefficient (Wildman–Crippen LogP) is -0.133. The second kappa shape index (κ2) is 8.38. The number of rotatable bonds is 6. The molecule has 140 valence electrons. The summed E-state index contributed by atoms with van der Waals surface area (Å²) < 4.78 is 15.7. The zero-order valence-corrected chi connectivity index (χ0v) is 15.8. The van der Waals surface area contributed by atoms with Gasteiger partial charge in [-0.25, -0.2) is 4.79 Å². The van der Waals surface area contributed by atoms with E-state index in [0.717, 1.165) is 50.8 Å². The molecule has 1 aromatic heterocycles. The SMILES string of the molecule is COC(=O)c1cc(C[NH+]2CC[NH+](Cc3ccc(OC)cc3)CC2)oc1C. The van der Waals surface area contributed by atoms with Gasteiger partial charge in [-0.3, -0.25) is 0 Å². The van der Waals surface area contributed by atoms with Crippen molar-refractivity contribution in [3.05, 3.63) is 53.0 Å². The molecule has 3 rings (SSSR count). The van der Waals surface area contributed by atoms with Gasteiger partial charge in [0.15, 0.2) is 5.76 Å². The van der Waals surface area contributed by atoms with E-state index in [2.05, 4.69) is 12.1 Å². The van der Waals surface area contributed by atoms with E-state index in [4.69, 9.17) is 13.9 Å². The Kier molecular flexibility index (Phi) is 5.96. The number of piperazine rings is 1. The molecule has 6 nitrogen and oxygen atoms in total. The highest BCUT2D eigenvalue weighted by molar-refractivity contribution is 5.90. The summed E-state index contributed by atoms with van der Waals surface area (Å²) in [6.45, 7) is 8.12. The minimum atomic E-state index is -0.332. The van der Waals surface area contributed by atoms with Crippen molar-refractivity contribution in [1.82, 2.24) is 0 Å². The second-order valence-corrected chi connectivity index (χ2v) is 6.88. The number of nitrogens with one attached hydrogen (secondary N) is 2. The molecule has 0 unspecified atom stereocenters. The first kappa shape index (κ1) is 18.5. The highest BCUT2D eigenvalue weighted by Gasteiger charge is 2.25. The smallest absolute Gasteiger partial charge is 0.341 e. The fourth-order valence-corrected chi connectivity index (χ4v) is 3.53. The number of carbonyl (C=O) groups excluding carboxylic acids is 1. The number of methoxy groups -OCH3 is 2. The lowest BCUT2D eigenvalue weighted by Crippen LogP contribution is -3.27. The van der Waals surface area contributed by atoms with E-state index < -0.39 is 0 Å². The monoisotopic (exact) mass is 360 g/mol. The Morgan fingerprint density at radius 3 is 2.23 bits per heavy atom. The van der Waals surface area contributed by atoms with Crippen molar-refractivity contribution in [1.29, 1.82) is 0 Å². The average molecular weight is 360 g/mol. The Morgan fingerprint density at radius 1 is 1.04 bits per heavy atom. The van der Waals surface area contributed by atoms with Crippen LogP contribution in [0.1, 0.15) is 27.4 Å². The van der Waals surface area contributed by atoms with Gasteiger partial charge in [-0.1, -0.05) is 0 Å². The summed E-state index contributed by atoms with van der Waals surface area (Å²) in [5.74, 6) is 2.06. The third-order valence-electron chi connectivity index (χ3n) is 5.08. The molecular formula is C20H28N2O4+2. The molecular weight excluding hydrogens is 332 g/mol. The van der Waals surface area contributed by atoms with Crippen molar-refractivity contribution in [3.8, 4) is 5.75 Å². The molecule has 1 saturated heterocycles. The Labute approximate surface area is 154 Å². The first-order valence-electron chi connectivity index (χ1n) is 9.06. The summed E-state index contributed by atoms with van der Waals surface area (Å²) in [7, 11) is 3.08. The number of carbonyl (C=O) groups is 1. The van der Waals surface area contributed by atoms with Crippen LogP contribution in [-0.4, -0.2) is 46.4 Å². The zero-order valence-electron chi connectivity index (χ0n) is 15.8. The second-order valence-electron chi connectivity index (χ2n) is 6.88. The third-order valence-corrected chi connectivity index (χ3v) is 5.08. The molecule has 0 spiro atoms. The Hall–Kier alpha value is -2.31. The average Bonchev–Trinajstić information content (AvgIpc) is 3.03. The predicted molar refractivity (Wildman–Crippen MR) is 96.6 cm³/mol. The van der Waals surface area contributed by atoms with Crippen molar-refractivity contribution < 1.29 is 28.5 Å². The van der Waals surface area contributed by atoms with Crippen molar-refractivity contribution in [2.75, 3.05) is 40.4 Å². The summed E-state index contributed by atoms with van der Waals surface area (Å²) >= 11 is 0. The van der Waals surface area contributed by atoms with Gasteiger partial charge in [0.05, 0.1) is 14.2 Å². The van der Waals surface area contributed by atoms with Crippen LogP contribution in [0.5, 0.6) is 5.75 Å².